The zero-order valence-corrected chi connectivity index (χ0v) is 13.1. The number of rotatable bonds is 4. The van der Waals surface area contributed by atoms with Gasteiger partial charge in [-0.25, -0.2) is 4.57 Å². The van der Waals surface area contributed by atoms with E-state index in [0.717, 1.165) is 16.7 Å². The van der Waals surface area contributed by atoms with Gasteiger partial charge in [-0.2, -0.15) is 0 Å². The van der Waals surface area contributed by atoms with Crippen LogP contribution in [0.2, 0.25) is 0 Å². The maximum absolute atomic E-state index is 12.7. The first-order valence-corrected chi connectivity index (χ1v) is 7.79. The van der Waals surface area contributed by atoms with E-state index in [1.54, 1.807) is 18.2 Å². The number of carbonyl (C=O) groups excluding carboxylic acids is 1. The Balaban J connectivity index is 2.53. The Morgan fingerprint density at radius 1 is 1.10 bits per heavy atom. The lowest BCUT2D eigenvalue weighted by atomic mass is 9.93. The number of aryl methyl sites for hydroxylation is 3. The van der Waals surface area contributed by atoms with Gasteiger partial charge >= 0.3 is 8.25 Å². The molecule has 21 heavy (non-hydrogen) atoms. The Morgan fingerprint density at radius 2 is 1.67 bits per heavy atom. The summed E-state index contributed by atoms with van der Waals surface area (Å²) in [6.45, 7) is 5.74. The average molecular weight is 304 g/mol. The molecule has 2 aromatic carbocycles. The summed E-state index contributed by atoms with van der Waals surface area (Å²) in [4.78, 5) is 21.7. The summed E-state index contributed by atoms with van der Waals surface area (Å²) in [7, 11) is -3.15. The molecule has 2 rings (SSSR count). The molecule has 5 heteroatoms. The molecule has 0 saturated heterocycles. The van der Waals surface area contributed by atoms with Crippen molar-refractivity contribution in [3.8, 4) is 5.75 Å². The quantitative estimate of drug-likeness (QED) is 0.692. The highest BCUT2D eigenvalue weighted by Crippen LogP contribution is 2.30. The number of hydrogen-bond donors (Lipinski definition) is 1. The molecule has 0 spiro atoms. The Kier molecular flexibility index (Phi) is 4.61. The second-order valence-electron chi connectivity index (χ2n) is 4.97. The van der Waals surface area contributed by atoms with E-state index < -0.39 is 8.25 Å². The molecule has 0 saturated carbocycles. The van der Waals surface area contributed by atoms with Gasteiger partial charge in [0.25, 0.3) is 0 Å². The lowest BCUT2D eigenvalue weighted by molar-refractivity contribution is 0.103. The molecule has 0 aromatic heterocycles. The van der Waals surface area contributed by atoms with Crippen molar-refractivity contribution < 1.29 is 18.8 Å². The van der Waals surface area contributed by atoms with E-state index in [0.29, 0.717) is 11.1 Å². The van der Waals surface area contributed by atoms with Crippen LogP contribution in [0.3, 0.4) is 0 Å². The molecule has 4 nitrogen and oxygen atoms in total. The molecule has 0 aliphatic heterocycles. The van der Waals surface area contributed by atoms with Crippen LogP contribution in [0, 0.1) is 20.8 Å². The summed E-state index contributed by atoms with van der Waals surface area (Å²) in [6.07, 6.45) is 0. The van der Waals surface area contributed by atoms with Crippen LogP contribution in [0.5, 0.6) is 5.75 Å². The van der Waals surface area contributed by atoms with E-state index >= 15 is 0 Å². The summed E-state index contributed by atoms with van der Waals surface area (Å²) in [6, 6.07) is 10.4. The molecule has 1 atom stereocenters. The van der Waals surface area contributed by atoms with Gasteiger partial charge in [0.15, 0.2) is 5.78 Å². The molecule has 0 aliphatic carbocycles. The SMILES string of the molecule is Cc1cc(C)c(C(=O)c2ccccc2O[PH](=O)O)c(C)c1. The van der Waals surface area contributed by atoms with Gasteiger partial charge < -0.3 is 9.42 Å². The highest BCUT2D eigenvalue weighted by atomic mass is 31.1. The second-order valence-corrected chi connectivity index (χ2v) is 5.70. The summed E-state index contributed by atoms with van der Waals surface area (Å²) >= 11 is 0. The third-order valence-electron chi connectivity index (χ3n) is 3.23. The number of para-hydroxylation sites is 1. The molecule has 0 bridgehead atoms. The van der Waals surface area contributed by atoms with Gasteiger partial charge in [-0.1, -0.05) is 29.8 Å². The molecule has 0 fully saturated rings. The van der Waals surface area contributed by atoms with Crippen LogP contribution in [0.4, 0.5) is 0 Å². The van der Waals surface area contributed by atoms with Crippen molar-refractivity contribution in [3.63, 3.8) is 0 Å². The van der Waals surface area contributed by atoms with E-state index in [4.69, 9.17) is 9.42 Å². The minimum Gasteiger partial charge on any atom is -0.426 e. The maximum Gasteiger partial charge on any atom is 0.365 e. The third kappa shape index (κ3) is 3.41. The molecule has 0 amide bonds. The van der Waals surface area contributed by atoms with Gasteiger partial charge in [-0.3, -0.25) is 4.79 Å². The van der Waals surface area contributed by atoms with Crippen LogP contribution >= 0.6 is 8.25 Å². The van der Waals surface area contributed by atoms with Crippen molar-refractivity contribution in [1.29, 1.82) is 0 Å². The molecule has 1 N–H and O–H groups in total. The fourth-order valence-corrected chi connectivity index (χ4v) is 2.88. The Bertz CT molecular complexity index is 699. The highest BCUT2D eigenvalue weighted by molar-refractivity contribution is 7.32. The van der Waals surface area contributed by atoms with E-state index in [1.807, 2.05) is 32.9 Å². The standard InChI is InChI=1S/C16H17O4P/c1-10-8-11(2)15(12(3)9-10)16(17)13-6-4-5-7-14(13)20-21(18)19/h4-9,21H,1-3H3,(H,18,19). The Hall–Kier alpha value is -1.90. The summed E-state index contributed by atoms with van der Waals surface area (Å²) < 4.78 is 15.8. The van der Waals surface area contributed by atoms with E-state index in [9.17, 15) is 9.36 Å². The summed E-state index contributed by atoms with van der Waals surface area (Å²) in [5.41, 5.74) is 3.74. The predicted octanol–water partition coefficient (Wildman–Crippen LogP) is 3.60. The van der Waals surface area contributed by atoms with Gasteiger partial charge in [0.05, 0.1) is 5.56 Å². The van der Waals surface area contributed by atoms with E-state index in [2.05, 4.69) is 0 Å². The van der Waals surface area contributed by atoms with Crippen LogP contribution in [-0.2, 0) is 4.57 Å². The van der Waals surface area contributed by atoms with Gasteiger partial charge in [-0.15, -0.1) is 0 Å². The maximum atomic E-state index is 12.7. The van der Waals surface area contributed by atoms with Crippen molar-refractivity contribution in [2.45, 2.75) is 20.8 Å². The topological polar surface area (TPSA) is 63.6 Å². The summed E-state index contributed by atoms with van der Waals surface area (Å²) in [5.74, 6) is -0.0721. The van der Waals surface area contributed by atoms with Gasteiger partial charge in [0.1, 0.15) is 5.75 Å². The number of benzene rings is 2. The molecular formula is C16H17O4P. The molecule has 0 aliphatic rings. The first-order chi connectivity index (χ1) is 9.90. The van der Waals surface area contributed by atoms with Crippen molar-refractivity contribution in [2.75, 3.05) is 0 Å². The normalized spacial score (nSPS) is 12.0. The number of ketones is 1. The Labute approximate surface area is 124 Å². The minimum atomic E-state index is -3.15. The molecule has 110 valence electrons. The monoisotopic (exact) mass is 304 g/mol. The van der Waals surface area contributed by atoms with Crippen molar-refractivity contribution >= 4 is 14.0 Å². The fourth-order valence-electron chi connectivity index (χ4n) is 2.51. The highest BCUT2D eigenvalue weighted by Gasteiger charge is 2.19. The van der Waals surface area contributed by atoms with Crippen LogP contribution in [0.15, 0.2) is 36.4 Å². The van der Waals surface area contributed by atoms with Crippen LogP contribution in [0.1, 0.15) is 32.6 Å². The molecule has 2 aromatic rings. The van der Waals surface area contributed by atoms with Crippen molar-refractivity contribution in [2.24, 2.45) is 0 Å². The summed E-state index contributed by atoms with van der Waals surface area (Å²) in [5, 5.41) is 0. The molecular weight excluding hydrogens is 287 g/mol. The molecule has 0 radical (unpaired) electrons. The van der Waals surface area contributed by atoms with Gasteiger partial charge in [-0.05, 0) is 44.0 Å². The Morgan fingerprint density at radius 3 is 2.24 bits per heavy atom. The van der Waals surface area contributed by atoms with Crippen molar-refractivity contribution in [1.82, 2.24) is 0 Å². The zero-order chi connectivity index (χ0) is 15.6. The number of hydrogen-bond acceptors (Lipinski definition) is 3. The smallest absolute Gasteiger partial charge is 0.365 e. The van der Waals surface area contributed by atoms with Gasteiger partial charge in [0, 0.05) is 5.56 Å². The zero-order valence-electron chi connectivity index (χ0n) is 12.1. The lowest BCUT2D eigenvalue weighted by Gasteiger charge is -2.13. The molecule has 1 unspecified atom stereocenters. The number of carbonyl (C=O) groups is 1. The van der Waals surface area contributed by atoms with Crippen LogP contribution < -0.4 is 4.52 Å². The predicted molar refractivity (Wildman–Crippen MR) is 82.4 cm³/mol. The average Bonchev–Trinajstić information content (AvgIpc) is 2.37. The first kappa shape index (κ1) is 15.5. The van der Waals surface area contributed by atoms with E-state index in [-0.39, 0.29) is 11.5 Å². The largest absolute Gasteiger partial charge is 0.426 e. The third-order valence-corrected chi connectivity index (χ3v) is 3.63. The second kappa shape index (κ2) is 6.25. The minimum absolute atomic E-state index is 0.133. The lowest BCUT2D eigenvalue weighted by Crippen LogP contribution is -2.08. The van der Waals surface area contributed by atoms with Crippen LogP contribution in [0.25, 0.3) is 0 Å². The molecule has 0 heterocycles. The van der Waals surface area contributed by atoms with Crippen molar-refractivity contribution in [3.05, 3.63) is 64.2 Å². The first-order valence-electron chi connectivity index (χ1n) is 6.52. The fraction of sp³-hybridized carbons (Fsp3) is 0.188. The van der Waals surface area contributed by atoms with E-state index in [1.165, 1.54) is 6.07 Å². The van der Waals surface area contributed by atoms with Crippen LogP contribution in [-0.4, -0.2) is 10.7 Å². The van der Waals surface area contributed by atoms with Gasteiger partial charge in [0.2, 0.25) is 0 Å².